The predicted molar refractivity (Wildman–Crippen MR) is 60.6 cm³/mol. The van der Waals surface area contributed by atoms with Crippen LogP contribution in [0.15, 0.2) is 30.3 Å². The third-order valence-electron chi connectivity index (χ3n) is 2.93. The fourth-order valence-electron chi connectivity index (χ4n) is 1.66. The van der Waals surface area contributed by atoms with Gasteiger partial charge in [0.2, 0.25) is 5.91 Å². The summed E-state index contributed by atoms with van der Waals surface area (Å²) in [5, 5.41) is 2.89. The van der Waals surface area contributed by atoms with Crippen molar-refractivity contribution < 1.29 is 9.53 Å². The highest BCUT2D eigenvalue weighted by Crippen LogP contribution is 2.26. The molecule has 1 fully saturated rings. The lowest BCUT2D eigenvalue weighted by Crippen LogP contribution is -2.58. The van der Waals surface area contributed by atoms with E-state index in [9.17, 15) is 4.79 Å². The van der Waals surface area contributed by atoms with Gasteiger partial charge in [0, 0.05) is 13.1 Å². The molecule has 1 amide bonds. The van der Waals surface area contributed by atoms with E-state index < -0.39 is 5.41 Å². The Bertz CT molecular complexity index is 355. The van der Waals surface area contributed by atoms with Gasteiger partial charge in [-0.1, -0.05) is 30.3 Å². The Morgan fingerprint density at radius 3 is 2.56 bits per heavy atom. The normalized spacial score (nSPS) is 17.6. The van der Waals surface area contributed by atoms with Crippen LogP contribution in [0.1, 0.15) is 5.56 Å². The topological polar surface area (TPSA) is 64.4 Å². The molecule has 0 aromatic heterocycles. The van der Waals surface area contributed by atoms with Crippen LogP contribution in [-0.4, -0.2) is 25.7 Å². The first kappa shape index (κ1) is 11.1. The van der Waals surface area contributed by atoms with Crippen molar-refractivity contribution in [2.45, 2.75) is 6.54 Å². The first-order chi connectivity index (χ1) is 7.77. The Kier molecular flexibility index (Phi) is 3.22. The monoisotopic (exact) mass is 220 g/mol. The largest absolute Gasteiger partial charge is 0.379 e. The highest BCUT2D eigenvalue weighted by Gasteiger charge is 2.44. The van der Waals surface area contributed by atoms with E-state index in [0.717, 1.165) is 5.56 Å². The summed E-state index contributed by atoms with van der Waals surface area (Å²) in [5.41, 5.74) is 6.19. The molecule has 0 aliphatic carbocycles. The second-order valence-corrected chi connectivity index (χ2v) is 4.15. The molecule has 4 heteroatoms. The van der Waals surface area contributed by atoms with Crippen LogP contribution in [0.3, 0.4) is 0 Å². The Hall–Kier alpha value is -1.39. The van der Waals surface area contributed by atoms with Crippen molar-refractivity contribution in [3.8, 4) is 0 Å². The quantitative estimate of drug-likeness (QED) is 0.766. The number of hydrogen-bond donors (Lipinski definition) is 2. The summed E-state index contributed by atoms with van der Waals surface area (Å²) in [6, 6.07) is 9.81. The summed E-state index contributed by atoms with van der Waals surface area (Å²) in [6.45, 7) is 1.75. The lowest BCUT2D eigenvalue weighted by atomic mass is 9.85. The molecule has 3 N–H and O–H groups in total. The van der Waals surface area contributed by atoms with Gasteiger partial charge in [-0.25, -0.2) is 0 Å². The molecule has 16 heavy (non-hydrogen) atoms. The van der Waals surface area contributed by atoms with E-state index in [1.165, 1.54) is 0 Å². The molecule has 1 aliphatic heterocycles. The number of amides is 1. The SMILES string of the molecule is NCC1(C(=O)NCc2ccccc2)COC1. The lowest BCUT2D eigenvalue weighted by molar-refractivity contribution is -0.159. The van der Waals surface area contributed by atoms with Crippen LogP contribution < -0.4 is 11.1 Å². The maximum Gasteiger partial charge on any atom is 0.232 e. The zero-order chi connectivity index (χ0) is 11.4. The van der Waals surface area contributed by atoms with Gasteiger partial charge < -0.3 is 15.8 Å². The van der Waals surface area contributed by atoms with Gasteiger partial charge in [-0.2, -0.15) is 0 Å². The molecular formula is C12H16N2O2. The van der Waals surface area contributed by atoms with Crippen molar-refractivity contribution in [2.24, 2.45) is 11.1 Å². The average Bonchev–Trinajstić information content (AvgIpc) is 2.27. The van der Waals surface area contributed by atoms with Gasteiger partial charge in [-0.15, -0.1) is 0 Å². The number of carbonyl (C=O) groups is 1. The van der Waals surface area contributed by atoms with Gasteiger partial charge in [-0.05, 0) is 5.56 Å². The fraction of sp³-hybridized carbons (Fsp3) is 0.417. The van der Waals surface area contributed by atoms with Gasteiger partial charge in [0.05, 0.1) is 13.2 Å². The van der Waals surface area contributed by atoms with Crippen molar-refractivity contribution in [3.63, 3.8) is 0 Å². The molecule has 0 atom stereocenters. The number of nitrogens with one attached hydrogen (secondary N) is 1. The summed E-state index contributed by atoms with van der Waals surface area (Å²) in [6.07, 6.45) is 0. The molecule has 0 bridgehead atoms. The number of carbonyl (C=O) groups excluding carboxylic acids is 1. The van der Waals surface area contributed by atoms with E-state index in [0.29, 0.717) is 26.3 Å². The van der Waals surface area contributed by atoms with Crippen LogP contribution in [0.4, 0.5) is 0 Å². The Morgan fingerprint density at radius 2 is 2.06 bits per heavy atom. The van der Waals surface area contributed by atoms with Crippen molar-refractivity contribution in [2.75, 3.05) is 19.8 Å². The first-order valence-corrected chi connectivity index (χ1v) is 5.37. The molecule has 1 heterocycles. The maximum absolute atomic E-state index is 11.9. The molecule has 4 nitrogen and oxygen atoms in total. The van der Waals surface area contributed by atoms with Crippen molar-refractivity contribution in [1.29, 1.82) is 0 Å². The van der Waals surface area contributed by atoms with Crippen LogP contribution in [0.2, 0.25) is 0 Å². The van der Waals surface area contributed by atoms with Crippen LogP contribution in [0.25, 0.3) is 0 Å². The number of ether oxygens (including phenoxy) is 1. The predicted octanol–water partition coefficient (Wildman–Crippen LogP) is 0.278. The molecular weight excluding hydrogens is 204 g/mol. The number of rotatable bonds is 4. The van der Waals surface area contributed by atoms with E-state index >= 15 is 0 Å². The minimum absolute atomic E-state index is 0.00916. The molecule has 1 aliphatic rings. The highest BCUT2D eigenvalue weighted by atomic mass is 16.5. The third-order valence-corrected chi connectivity index (χ3v) is 2.93. The molecule has 0 saturated carbocycles. The Balaban J connectivity index is 1.89. The van der Waals surface area contributed by atoms with E-state index in [-0.39, 0.29) is 5.91 Å². The second kappa shape index (κ2) is 4.63. The lowest BCUT2D eigenvalue weighted by Gasteiger charge is -2.38. The van der Waals surface area contributed by atoms with Crippen LogP contribution >= 0.6 is 0 Å². The second-order valence-electron chi connectivity index (χ2n) is 4.15. The minimum Gasteiger partial charge on any atom is -0.379 e. The Morgan fingerprint density at radius 1 is 1.38 bits per heavy atom. The smallest absolute Gasteiger partial charge is 0.232 e. The molecule has 86 valence electrons. The van der Waals surface area contributed by atoms with Crippen LogP contribution in [0.5, 0.6) is 0 Å². The van der Waals surface area contributed by atoms with Gasteiger partial charge in [0.15, 0.2) is 0 Å². The molecule has 1 aromatic carbocycles. The van der Waals surface area contributed by atoms with Crippen LogP contribution in [-0.2, 0) is 16.1 Å². The fourth-order valence-corrected chi connectivity index (χ4v) is 1.66. The third kappa shape index (κ3) is 2.08. The summed E-state index contributed by atoms with van der Waals surface area (Å²) >= 11 is 0. The first-order valence-electron chi connectivity index (χ1n) is 5.37. The van der Waals surface area contributed by atoms with Crippen LogP contribution in [0, 0.1) is 5.41 Å². The van der Waals surface area contributed by atoms with Crippen molar-refractivity contribution in [1.82, 2.24) is 5.32 Å². The molecule has 0 unspecified atom stereocenters. The maximum atomic E-state index is 11.9. The summed E-state index contributed by atoms with van der Waals surface area (Å²) in [5.74, 6) is -0.00916. The number of hydrogen-bond acceptors (Lipinski definition) is 3. The van der Waals surface area contributed by atoms with Crippen molar-refractivity contribution in [3.05, 3.63) is 35.9 Å². The average molecular weight is 220 g/mol. The molecule has 1 saturated heterocycles. The number of nitrogens with two attached hydrogens (primary N) is 1. The van der Waals surface area contributed by atoms with E-state index in [1.807, 2.05) is 30.3 Å². The van der Waals surface area contributed by atoms with Crippen molar-refractivity contribution >= 4 is 5.91 Å². The molecule has 0 spiro atoms. The van der Waals surface area contributed by atoms with Gasteiger partial charge in [0.1, 0.15) is 5.41 Å². The zero-order valence-electron chi connectivity index (χ0n) is 9.11. The Labute approximate surface area is 94.8 Å². The zero-order valence-corrected chi connectivity index (χ0v) is 9.11. The summed E-state index contributed by atoms with van der Waals surface area (Å²) in [7, 11) is 0. The molecule has 1 aromatic rings. The molecule has 2 rings (SSSR count). The summed E-state index contributed by atoms with van der Waals surface area (Å²) in [4.78, 5) is 11.9. The molecule has 0 radical (unpaired) electrons. The minimum atomic E-state index is -0.491. The van der Waals surface area contributed by atoms with Gasteiger partial charge in [-0.3, -0.25) is 4.79 Å². The van der Waals surface area contributed by atoms with Gasteiger partial charge >= 0.3 is 0 Å². The number of benzene rings is 1. The standard InChI is InChI=1S/C12H16N2O2/c13-7-12(8-16-9-12)11(15)14-6-10-4-2-1-3-5-10/h1-5H,6-9,13H2,(H,14,15). The highest BCUT2D eigenvalue weighted by molar-refractivity contribution is 5.84. The van der Waals surface area contributed by atoms with Gasteiger partial charge in [0.25, 0.3) is 0 Å². The van der Waals surface area contributed by atoms with E-state index in [1.54, 1.807) is 0 Å². The summed E-state index contributed by atoms with van der Waals surface area (Å²) < 4.78 is 5.06. The van der Waals surface area contributed by atoms with E-state index in [4.69, 9.17) is 10.5 Å². The van der Waals surface area contributed by atoms with E-state index in [2.05, 4.69) is 5.32 Å².